The van der Waals surface area contributed by atoms with Gasteiger partial charge in [0.25, 0.3) is 0 Å². The average Bonchev–Trinajstić information content (AvgIpc) is 3.01. The molecular formula is C17H16O3. The number of benzene rings is 2. The van der Waals surface area contributed by atoms with Gasteiger partial charge in [0.2, 0.25) is 0 Å². The van der Waals surface area contributed by atoms with Gasteiger partial charge in [0.05, 0.1) is 18.8 Å². The molecule has 102 valence electrons. The standard InChI is InChI=1S/C17H16O3/c18-17(20-16-10-11-19-12-16)15-8-6-14(7-9-15)13-4-2-1-3-5-13/h1-9,16H,10-12H2. The van der Waals surface area contributed by atoms with Crippen molar-refractivity contribution >= 4 is 5.97 Å². The molecule has 0 spiro atoms. The molecule has 3 heteroatoms. The van der Waals surface area contributed by atoms with Gasteiger partial charge in [-0.3, -0.25) is 0 Å². The third-order valence-corrected chi connectivity index (χ3v) is 3.39. The largest absolute Gasteiger partial charge is 0.456 e. The maximum atomic E-state index is 12.0. The molecule has 0 amide bonds. The van der Waals surface area contributed by atoms with Crippen LogP contribution < -0.4 is 0 Å². The predicted molar refractivity (Wildman–Crippen MR) is 76.5 cm³/mol. The Hall–Kier alpha value is -2.13. The summed E-state index contributed by atoms with van der Waals surface area (Å²) in [6.45, 7) is 1.18. The van der Waals surface area contributed by atoms with Gasteiger partial charge in [0.15, 0.2) is 0 Å². The average molecular weight is 268 g/mol. The highest BCUT2D eigenvalue weighted by Crippen LogP contribution is 2.20. The van der Waals surface area contributed by atoms with E-state index >= 15 is 0 Å². The lowest BCUT2D eigenvalue weighted by atomic mass is 10.0. The molecule has 0 saturated carbocycles. The molecule has 0 aromatic heterocycles. The van der Waals surface area contributed by atoms with Crippen LogP contribution in [0.25, 0.3) is 11.1 Å². The van der Waals surface area contributed by atoms with E-state index in [0.717, 1.165) is 17.5 Å². The Labute approximate surface area is 118 Å². The zero-order chi connectivity index (χ0) is 13.8. The number of hydrogen-bond donors (Lipinski definition) is 0. The van der Waals surface area contributed by atoms with Crippen LogP contribution in [0.5, 0.6) is 0 Å². The van der Waals surface area contributed by atoms with Crippen LogP contribution in [0.1, 0.15) is 16.8 Å². The molecule has 1 unspecified atom stereocenters. The Morgan fingerprint density at radius 2 is 1.70 bits per heavy atom. The van der Waals surface area contributed by atoms with Crippen LogP contribution in [0.15, 0.2) is 54.6 Å². The van der Waals surface area contributed by atoms with Crippen LogP contribution in [-0.2, 0) is 9.47 Å². The molecular weight excluding hydrogens is 252 g/mol. The van der Waals surface area contributed by atoms with Crippen molar-refractivity contribution in [3.63, 3.8) is 0 Å². The number of esters is 1. The van der Waals surface area contributed by atoms with Gasteiger partial charge in [-0.05, 0) is 23.3 Å². The summed E-state index contributed by atoms with van der Waals surface area (Å²) in [6, 6.07) is 17.6. The summed E-state index contributed by atoms with van der Waals surface area (Å²) in [7, 11) is 0. The van der Waals surface area contributed by atoms with E-state index in [1.807, 2.05) is 42.5 Å². The van der Waals surface area contributed by atoms with E-state index in [-0.39, 0.29) is 12.1 Å². The number of rotatable bonds is 3. The molecule has 1 aliphatic rings. The van der Waals surface area contributed by atoms with Gasteiger partial charge in [-0.15, -0.1) is 0 Å². The van der Waals surface area contributed by atoms with E-state index in [0.29, 0.717) is 18.8 Å². The fourth-order valence-corrected chi connectivity index (χ4v) is 2.25. The maximum absolute atomic E-state index is 12.0. The third-order valence-electron chi connectivity index (χ3n) is 3.39. The highest BCUT2D eigenvalue weighted by molar-refractivity contribution is 5.90. The van der Waals surface area contributed by atoms with E-state index in [9.17, 15) is 4.79 Å². The van der Waals surface area contributed by atoms with Gasteiger partial charge >= 0.3 is 5.97 Å². The lowest BCUT2D eigenvalue weighted by Gasteiger charge is -2.10. The Kier molecular flexibility index (Phi) is 3.79. The number of carbonyl (C=O) groups is 1. The van der Waals surface area contributed by atoms with Crippen molar-refractivity contribution in [2.45, 2.75) is 12.5 Å². The molecule has 0 aliphatic carbocycles. The van der Waals surface area contributed by atoms with Crippen LogP contribution in [-0.4, -0.2) is 25.3 Å². The molecule has 1 saturated heterocycles. The van der Waals surface area contributed by atoms with Crippen LogP contribution in [0.4, 0.5) is 0 Å². The van der Waals surface area contributed by atoms with Crippen molar-refractivity contribution in [2.24, 2.45) is 0 Å². The first-order valence-electron chi connectivity index (χ1n) is 6.77. The fourth-order valence-electron chi connectivity index (χ4n) is 2.25. The first-order valence-corrected chi connectivity index (χ1v) is 6.77. The molecule has 0 bridgehead atoms. The monoisotopic (exact) mass is 268 g/mol. The van der Waals surface area contributed by atoms with Crippen LogP contribution in [0.2, 0.25) is 0 Å². The van der Waals surface area contributed by atoms with Crippen LogP contribution in [0, 0.1) is 0 Å². The maximum Gasteiger partial charge on any atom is 0.338 e. The highest BCUT2D eigenvalue weighted by Gasteiger charge is 2.20. The lowest BCUT2D eigenvalue weighted by molar-refractivity contribution is 0.0270. The second-order valence-corrected chi connectivity index (χ2v) is 4.83. The molecule has 1 fully saturated rings. The molecule has 0 radical (unpaired) electrons. The zero-order valence-corrected chi connectivity index (χ0v) is 11.1. The van der Waals surface area contributed by atoms with Crippen molar-refractivity contribution < 1.29 is 14.3 Å². The topological polar surface area (TPSA) is 35.5 Å². The minimum absolute atomic E-state index is 0.101. The summed E-state index contributed by atoms with van der Waals surface area (Å²) in [6.07, 6.45) is 0.685. The van der Waals surface area contributed by atoms with Gasteiger partial charge in [-0.2, -0.15) is 0 Å². The predicted octanol–water partition coefficient (Wildman–Crippen LogP) is 3.30. The van der Waals surface area contributed by atoms with Gasteiger partial charge in [0.1, 0.15) is 6.10 Å². The normalized spacial score (nSPS) is 17.9. The van der Waals surface area contributed by atoms with Gasteiger partial charge in [-0.25, -0.2) is 4.79 Å². The molecule has 2 aromatic carbocycles. The van der Waals surface area contributed by atoms with E-state index in [4.69, 9.17) is 9.47 Å². The SMILES string of the molecule is O=C(OC1CCOC1)c1ccc(-c2ccccc2)cc1. The summed E-state index contributed by atoms with van der Waals surface area (Å²) in [5.74, 6) is -0.278. The minimum Gasteiger partial charge on any atom is -0.456 e. The molecule has 3 rings (SSSR count). The zero-order valence-electron chi connectivity index (χ0n) is 11.1. The number of ether oxygens (including phenoxy) is 2. The Morgan fingerprint density at radius 1 is 1.00 bits per heavy atom. The van der Waals surface area contributed by atoms with E-state index in [1.165, 1.54) is 0 Å². The summed E-state index contributed by atoms with van der Waals surface area (Å²) in [4.78, 5) is 12.0. The van der Waals surface area contributed by atoms with Crippen molar-refractivity contribution in [2.75, 3.05) is 13.2 Å². The fraction of sp³-hybridized carbons (Fsp3) is 0.235. The quantitative estimate of drug-likeness (QED) is 0.801. The summed E-state index contributed by atoms with van der Waals surface area (Å²) in [5.41, 5.74) is 2.81. The Balaban J connectivity index is 1.71. The second kappa shape index (κ2) is 5.88. The summed E-state index contributed by atoms with van der Waals surface area (Å²) in [5, 5.41) is 0. The summed E-state index contributed by atoms with van der Waals surface area (Å²) < 4.78 is 10.6. The second-order valence-electron chi connectivity index (χ2n) is 4.83. The highest BCUT2D eigenvalue weighted by atomic mass is 16.6. The van der Waals surface area contributed by atoms with Crippen LogP contribution >= 0.6 is 0 Å². The minimum atomic E-state index is -0.278. The van der Waals surface area contributed by atoms with Crippen LogP contribution in [0.3, 0.4) is 0 Å². The van der Waals surface area contributed by atoms with Gasteiger partial charge < -0.3 is 9.47 Å². The van der Waals surface area contributed by atoms with E-state index in [1.54, 1.807) is 12.1 Å². The number of hydrogen-bond acceptors (Lipinski definition) is 3. The lowest BCUT2D eigenvalue weighted by Crippen LogP contribution is -2.17. The molecule has 1 atom stereocenters. The first-order chi connectivity index (χ1) is 9.83. The molecule has 3 nitrogen and oxygen atoms in total. The van der Waals surface area contributed by atoms with Crippen molar-refractivity contribution in [1.82, 2.24) is 0 Å². The first kappa shape index (κ1) is 12.9. The molecule has 1 aliphatic heterocycles. The van der Waals surface area contributed by atoms with E-state index < -0.39 is 0 Å². The van der Waals surface area contributed by atoms with E-state index in [2.05, 4.69) is 0 Å². The molecule has 1 heterocycles. The number of carbonyl (C=O) groups excluding carboxylic acids is 1. The van der Waals surface area contributed by atoms with Crippen molar-refractivity contribution in [3.05, 3.63) is 60.2 Å². The summed E-state index contributed by atoms with van der Waals surface area (Å²) >= 11 is 0. The molecule has 20 heavy (non-hydrogen) atoms. The van der Waals surface area contributed by atoms with Crippen molar-refractivity contribution in [3.8, 4) is 11.1 Å². The van der Waals surface area contributed by atoms with Crippen molar-refractivity contribution in [1.29, 1.82) is 0 Å². The molecule has 2 aromatic rings. The smallest absolute Gasteiger partial charge is 0.338 e. The molecule has 0 N–H and O–H groups in total. The Morgan fingerprint density at radius 3 is 2.35 bits per heavy atom. The third kappa shape index (κ3) is 2.89. The Bertz CT molecular complexity index is 569. The van der Waals surface area contributed by atoms with Gasteiger partial charge in [0, 0.05) is 6.42 Å². The van der Waals surface area contributed by atoms with Gasteiger partial charge in [-0.1, -0.05) is 42.5 Å².